The molecule has 0 N–H and O–H groups in total. The van der Waals surface area contributed by atoms with Crippen LogP contribution in [0.3, 0.4) is 0 Å². The number of hydrogen-bond acceptors (Lipinski definition) is 2. The zero-order chi connectivity index (χ0) is 83.6. The fourth-order valence-corrected chi connectivity index (χ4v) is 20.3. The maximum absolute atomic E-state index is 2.80. The molecule has 592 valence electrons. The summed E-state index contributed by atoms with van der Waals surface area (Å²) in [6.07, 6.45) is 0. The van der Waals surface area contributed by atoms with Crippen molar-refractivity contribution in [3.63, 3.8) is 0 Å². The van der Waals surface area contributed by atoms with Gasteiger partial charge in [0.15, 0.2) is 0 Å². The fourth-order valence-electron chi connectivity index (χ4n) is 20.3. The van der Waals surface area contributed by atoms with Gasteiger partial charge < -0.3 is 18.9 Å². The molecule has 4 nitrogen and oxygen atoms in total. The first-order chi connectivity index (χ1) is 57.8. The summed E-state index contributed by atoms with van der Waals surface area (Å²) in [4.78, 5) is 5.59. The van der Waals surface area contributed by atoms with Gasteiger partial charge in [0.1, 0.15) is 0 Å². The van der Waals surface area contributed by atoms with Crippen molar-refractivity contribution in [3.05, 3.63) is 343 Å². The van der Waals surface area contributed by atoms with E-state index in [4.69, 9.17) is 0 Å². The highest BCUT2D eigenvalue weighted by Gasteiger charge is 2.47. The summed E-state index contributed by atoms with van der Waals surface area (Å²) < 4.78 is 5.15. The van der Waals surface area contributed by atoms with E-state index < -0.39 is 0 Å². The molecule has 0 bridgehead atoms. The van der Waals surface area contributed by atoms with E-state index in [1.807, 2.05) is 0 Å². The average Bonchev–Trinajstić information content (AvgIpc) is 0.972. The van der Waals surface area contributed by atoms with E-state index in [0.717, 1.165) is 56.6 Å². The van der Waals surface area contributed by atoms with E-state index in [9.17, 15) is 0 Å². The van der Waals surface area contributed by atoms with Gasteiger partial charge in [-0.1, -0.05) is 349 Å². The Balaban J connectivity index is 0.976. The quantitative estimate of drug-likeness (QED) is 0.0813. The topological polar surface area (TPSA) is 16.3 Å². The van der Waals surface area contributed by atoms with Crippen LogP contribution < -0.4 is 26.2 Å². The van der Waals surface area contributed by atoms with Crippen molar-refractivity contribution in [2.24, 2.45) is 0 Å². The second kappa shape index (κ2) is 26.9. The minimum Gasteiger partial charge on any atom is -0.310 e. The third kappa shape index (κ3) is 12.1. The minimum absolute atomic E-state index is 0.152. The fraction of sp³-hybridized carbons (Fsp3) is 0.207. The monoisotopic (exact) mass is 1560 g/mol. The van der Waals surface area contributed by atoms with Crippen molar-refractivity contribution < 1.29 is 0 Å². The van der Waals surface area contributed by atoms with Crippen molar-refractivity contribution in [1.82, 2.24) is 9.13 Å². The highest BCUT2D eigenvalue weighted by molar-refractivity contribution is 7.00. The minimum atomic E-state index is -0.310. The molecule has 0 fully saturated rings. The second-order valence-corrected chi connectivity index (χ2v) is 41.0. The molecule has 121 heavy (non-hydrogen) atoms. The van der Waals surface area contributed by atoms with Crippen LogP contribution in [0.4, 0.5) is 34.1 Å². The summed E-state index contributed by atoms with van der Waals surface area (Å²) in [6.45, 7) is 42.4. The molecule has 0 amide bonds. The number of fused-ring (bicyclic) bond motifs is 8. The van der Waals surface area contributed by atoms with Crippen LogP contribution in [0, 0.1) is 0 Å². The Hall–Kier alpha value is -12.7. The van der Waals surface area contributed by atoms with Gasteiger partial charge in [-0.2, -0.15) is 0 Å². The van der Waals surface area contributed by atoms with Gasteiger partial charge in [-0.05, 0) is 233 Å². The molecular formula is C116H105BN4. The molecule has 0 saturated carbocycles. The number of rotatable bonds is 9. The lowest BCUT2D eigenvalue weighted by Gasteiger charge is -2.46. The van der Waals surface area contributed by atoms with Gasteiger partial charge in [-0.15, -0.1) is 0 Å². The first-order valence-electron chi connectivity index (χ1n) is 43.6. The van der Waals surface area contributed by atoms with E-state index in [2.05, 4.69) is 453 Å². The smallest absolute Gasteiger partial charge is 0.252 e. The second-order valence-electron chi connectivity index (χ2n) is 41.0. The Morgan fingerprint density at radius 2 is 0.537 bits per heavy atom. The maximum atomic E-state index is 2.80. The SMILES string of the molecule is CC(C)(C)c1cccc(-c2cc(C(C)(C)C)cc(-c3cccc(C(C)(C)C)c3)c2N2c3cc(-n4c5ccccc5c5ccccc54)ccc3B3c4ccc(-n5c6ccc7cccc8c9cccc%10ccc5c(c%109)c6c78)cc4N(c4c(-c5cccc(C(C)(C)C)c5)cc(C(C)(C)C)cc4-c4cccc(C(C)(C)C)c4)c4cc(-c5ccccc5)cc2c43)c1. The number of benzene rings is 17. The molecule has 17 aromatic carbocycles. The van der Waals surface area contributed by atoms with Gasteiger partial charge >= 0.3 is 0 Å². The number of hydrogen-bond donors (Lipinski definition) is 0. The van der Waals surface area contributed by atoms with Crippen molar-refractivity contribution in [1.29, 1.82) is 0 Å². The Morgan fingerprint density at radius 1 is 0.215 bits per heavy atom. The number of para-hydroxylation sites is 2. The summed E-state index contributed by atoms with van der Waals surface area (Å²) in [5, 5.41) is 12.8. The lowest BCUT2D eigenvalue weighted by Crippen LogP contribution is -2.61. The molecule has 2 aromatic heterocycles. The van der Waals surface area contributed by atoms with Gasteiger partial charge in [0.05, 0.1) is 33.4 Å². The first-order valence-corrected chi connectivity index (χ1v) is 43.6. The van der Waals surface area contributed by atoms with Gasteiger partial charge in [-0.25, -0.2) is 0 Å². The van der Waals surface area contributed by atoms with Crippen LogP contribution in [-0.2, 0) is 32.5 Å². The summed E-state index contributed by atoms with van der Waals surface area (Å²) >= 11 is 0. The standard InChI is InChI=1S/C116H105BN4/c1-111(2,3)78-40-26-36-73(58-78)90-64-82(115(13,14)15)65-91(74-37-27-41-79(59-74)112(4,5)6)109(90)120-100-68-84(118-96-48-24-22-44-86(96)87-45-23-25-49-97(87)118)52-54-94(100)117-95-55-53-85(119-98-56-50-71-34-30-46-88-89-47-31-35-72-51-57-99(119)107(105(72)89)106(98)104(71)88)69-101(95)121(103-63-77(62-102(120)108(103)117)70-32-20-19-21-33-70)110-92(75-38-28-42-80(60-75)113(7,8)9)66-83(116(16,17)18)67-93(110)76-39-29-43-81(61-76)114(10,11)12/h19-69H,1-18H3. The van der Waals surface area contributed by atoms with Crippen LogP contribution in [0.1, 0.15) is 158 Å². The van der Waals surface area contributed by atoms with Gasteiger partial charge in [-0.3, -0.25) is 0 Å². The lowest BCUT2D eigenvalue weighted by molar-refractivity contribution is 0.589. The molecule has 0 unspecified atom stereocenters. The van der Waals surface area contributed by atoms with Crippen LogP contribution in [-0.4, -0.2) is 15.8 Å². The highest BCUT2D eigenvalue weighted by atomic mass is 15.2. The third-order valence-corrected chi connectivity index (χ3v) is 26.9. The molecule has 4 heterocycles. The Labute approximate surface area is 714 Å². The van der Waals surface area contributed by atoms with E-state index in [1.54, 1.807) is 0 Å². The molecule has 21 rings (SSSR count). The Morgan fingerprint density at radius 3 is 0.901 bits per heavy atom. The van der Waals surface area contributed by atoms with Gasteiger partial charge in [0.25, 0.3) is 6.71 Å². The largest absolute Gasteiger partial charge is 0.310 e. The molecule has 0 radical (unpaired) electrons. The van der Waals surface area contributed by atoms with Crippen molar-refractivity contribution in [3.8, 4) is 67.0 Å². The van der Waals surface area contributed by atoms with Crippen LogP contribution in [0.5, 0.6) is 0 Å². The summed E-state index contributed by atoms with van der Waals surface area (Å²) in [5.74, 6) is 0. The normalized spacial score (nSPS) is 13.5. The number of anilines is 6. The van der Waals surface area contributed by atoms with Gasteiger partial charge in [0, 0.05) is 77.9 Å². The molecule has 0 spiro atoms. The predicted molar refractivity (Wildman–Crippen MR) is 523 cm³/mol. The van der Waals surface area contributed by atoms with Crippen molar-refractivity contribution in [2.75, 3.05) is 9.80 Å². The van der Waals surface area contributed by atoms with E-state index in [0.29, 0.717) is 0 Å². The predicted octanol–water partition coefficient (Wildman–Crippen LogP) is 30.4. The number of aromatic nitrogens is 2. The van der Waals surface area contributed by atoms with E-state index in [1.165, 1.54) is 170 Å². The van der Waals surface area contributed by atoms with E-state index >= 15 is 0 Å². The van der Waals surface area contributed by atoms with Crippen molar-refractivity contribution in [2.45, 2.75) is 157 Å². The summed E-state index contributed by atoms with van der Waals surface area (Å²) in [5.41, 5.74) is 35.6. The number of nitrogens with zero attached hydrogens (tertiary/aromatic N) is 4. The lowest BCUT2D eigenvalue weighted by atomic mass is 9.33. The zero-order valence-electron chi connectivity index (χ0n) is 73.3. The average molecular weight is 1570 g/mol. The third-order valence-electron chi connectivity index (χ3n) is 26.9. The molecular weight excluding hydrogens is 1460 g/mol. The first kappa shape index (κ1) is 75.8. The maximum Gasteiger partial charge on any atom is 0.252 e. The summed E-state index contributed by atoms with van der Waals surface area (Å²) in [6, 6.07) is 122. The van der Waals surface area contributed by atoms with Gasteiger partial charge in [0.2, 0.25) is 0 Å². The molecule has 0 aliphatic carbocycles. The molecule has 2 aliphatic heterocycles. The molecule has 0 saturated heterocycles. The summed E-state index contributed by atoms with van der Waals surface area (Å²) in [7, 11) is 0. The van der Waals surface area contributed by atoms with Crippen LogP contribution in [0.2, 0.25) is 0 Å². The van der Waals surface area contributed by atoms with Crippen LogP contribution >= 0.6 is 0 Å². The highest BCUT2D eigenvalue weighted by Crippen LogP contribution is 2.58. The van der Waals surface area contributed by atoms with Crippen LogP contribution in [0.15, 0.2) is 309 Å². The Kier molecular flexibility index (Phi) is 16.8. The van der Waals surface area contributed by atoms with E-state index in [-0.39, 0.29) is 39.2 Å². The molecule has 2 aliphatic rings. The van der Waals surface area contributed by atoms with Crippen LogP contribution in [0.25, 0.3) is 143 Å². The molecule has 19 aromatic rings. The Bertz CT molecular complexity index is 7150. The molecule has 5 heteroatoms. The zero-order valence-corrected chi connectivity index (χ0v) is 73.3. The molecule has 0 atom stereocenters. The van der Waals surface area contributed by atoms with Crippen molar-refractivity contribution >= 4 is 133 Å².